The van der Waals surface area contributed by atoms with Crippen molar-refractivity contribution in [2.75, 3.05) is 13.4 Å². The van der Waals surface area contributed by atoms with E-state index in [1.807, 2.05) is 11.8 Å². The molecule has 3 unspecified atom stereocenters. The maximum absolute atomic E-state index is 11.8. The van der Waals surface area contributed by atoms with Gasteiger partial charge < -0.3 is 10.1 Å². The lowest BCUT2D eigenvalue weighted by molar-refractivity contribution is -0.143. The number of hydrogen-bond acceptors (Lipinski definition) is 4. The van der Waals surface area contributed by atoms with Crippen LogP contribution in [0.5, 0.6) is 0 Å². The van der Waals surface area contributed by atoms with E-state index in [4.69, 9.17) is 4.74 Å². The van der Waals surface area contributed by atoms with E-state index in [9.17, 15) is 4.79 Å². The van der Waals surface area contributed by atoms with E-state index in [0.717, 1.165) is 24.5 Å². The number of thioether (sulfide) groups is 1. The molecule has 0 spiro atoms. The van der Waals surface area contributed by atoms with Crippen molar-refractivity contribution in [2.45, 2.75) is 69.2 Å². The molecule has 3 atom stereocenters. The molecule has 106 valence electrons. The molecule has 1 saturated carbocycles. The summed E-state index contributed by atoms with van der Waals surface area (Å²) in [5.41, 5.74) is 0. The Kier molecular flexibility index (Phi) is 7.75. The van der Waals surface area contributed by atoms with Gasteiger partial charge in [0.15, 0.2) is 0 Å². The van der Waals surface area contributed by atoms with E-state index in [-0.39, 0.29) is 12.0 Å². The van der Waals surface area contributed by atoms with Crippen molar-refractivity contribution in [3.63, 3.8) is 0 Å². The Morgan fingerprint density at radius 1 is 1.50 bits per heavy atom. The molecule has 3 nitrogen and oxygen atoms in total. The van der Waals surface area contributed by atoms with Crippen molar-refractivity contribution < 1.29 is 9.53 Å². The van der Waals surface area contributed by atoms with Gasteiger partial charge in [-0.1, -0.05) is 26.2 Å². The van der Waals surface area contributed by atoms with Crippen molar-refractivity contribution in [1.82, 2.24) is 5.32 Å². The third-order valence-corrected chi connectivity index (χ3v) is 4.82. The molecule has 4 heteroatoms. The molecule has 0 aliphatic heterocycles. The fourth-order valence-corrected chi connectivity index (χ4v) is 3.44. The Hall–Kier alpha value is -0.220. The summed E-state index contributed by atoms with van der Waals surface area (Å²) in [6, 6.07) is 0.373. The zero-order valence-electron chi connectivity index (χ0n) is 11.9. The van der Waals surface area contributed by atoms with Crippen molar-refractivity contribution in [3.05, 3.63) is 0 Å². The lowest BCUT2D eigenvalue weighted by Gasteiger charge is -2.31. The first kappa shape index (κ1) is 15.8. The Morgan fingerprint density at radius 3 is 2.89 bits per heavy atom. The van der Waals surface area contributed by atoms with Gasteiger partial charge >= 0.3 is 5.97 Å². The standard InChI is InChI=1S/C14H27NO2S/c1-4-5-9-13(14(16)17-2)15-11-7-6-8-12(10-11)18-3/h11-13,15H,4-10H2,1-3H3. The normalized spacial score (nSPS) is 25.7. The predicted octanol–water partition coefficient (Wildman–Crippen LogP) is 2.98. The van der Waals surface area contributed by atoms with Gasteiger partial charge in [-0.05, 0) is 31.9 Å². The molecule has 1 fully saturated rings. The van der Waals surface area contributed by atoms with Crippen LogP contribution in [0.15, 0.2) is 0 Å². The summed E-state index contributed by atoms with van der Waals surface area (Å²) in [6.45, 7) is 2.15. The van der Waals surface area contributed by atoms with Crippen LogP contribution in [0, 0.1) is 0 Å². The van der Waals surface area contributed by atoms with Crippen LogP contribution >= 0.6 is 11.8 Å². The molecule has 0 saturated heterocycles. The summed E-state index contributed by atoms with van der Waals surface area (Å²) in [4.78, 5) is 11.8. The van der Waals surface area contributed by atoms with E-state index in [1.165, 1.54) is 32.8 Å². The highest BCUT2D eigenvalue weighted by Gasteiger charge is 2.26. The number of hydrogen-bond donors (Lipinski definition) is 1. The number of carbonyl (C=O) groups is 1. The zero-order valence-corrected chi connectivity index (χ0v) is 12.7. The average molecular weight is 273 g/mol. The van der Waals surface area contributed by atoms with Gasteiger partial charge in [0, 0.05) is 11.3 Å². The van der Waals surface area contributed by atoms with Gasteiger partial charge in [0.1, 0.15) is 6.04 Å². The molecule has 0 amide bonds. The van der Waals surface area contributed by atoms with E-state index < -0.39 is 0 Å². The summed E-state index contributed by atoms with van der Waals surface area (Å²) in [7, 11) is 1.48. The summed E-state index contributed by atoms with van der Waals surface area (Å²) < 4.78 is 4.90. The van der Waals surface area contributed by atoms with Gasteiger partial charge in [0.05, 0.1) is 7.11 Å². The highest BCUT2D eigenvalue weighted by atomic mass is 32.2. The fraction of sp³-hybridized carbons (Fsp3) is 0.929. The van der Waals surface area contributed by atoms with Crippen LogP contribution in [-0.2, 0) is 9.53 Å². The first-order valence-electron chi connectivity index (χ1n) is 7.07. The quantitative estimate of drug-likeness (QED) is 0.724. The highest BCUT2D eigenvalue weighted by molar-refractivity contribution is 7.99. The first-order chi connectivity index (χ1) is 8.71. The molecule has 18 heavy (non-hydrogen) atoms. The largest absolute Gasteiger partial charge is 0.468 e. The molecule has 0 heterocycles. The number of rotatable bonds is 7. The molecule has 0 aromatic rings. The summed E-state index contributed by atoms with van der Waals surface area (Å²) in [5, 5.41) is 4.27. The molecule has 0 aromatic heterocycles. The van der Waals surface area contributed by atoms with Gasteiger partial charge in [-0.25, -0.2) is 0 Å². The monoisotopic (exact) mass is 273 g/mol. The SMILES string of the molecule is CCCCC(NC1CCCC(SC)C1)C(=O)OC. The third kappa shape index (κ3) is 5.19. The third-order valence-electron chi connectivity index (χ3n) is 3.73. The second kappa shape index (κ2) is 8.81. The molecular weight excluding hydrogens is 246 g/mol. The molecular formula is C14H27NO2S. The van der Waals surface area contributed by atoms with Crippen LogP contribution in [0.25, 0.3) is 0 Å². The molecule has 1 N–H and O–H groups in total. The summed E-state index contributed by atoms with van der Waals surface area (Å²) >= 11 is 1.95. The summed E-state index contributed by atoms with van der Waals surface area (Å²) in [5.74, 6) is -0.102. The lowest BCUT2D eigenvalue weighted by Crippen LogP contribution is -2.46. The number of esters is 1. The predicted molar refractivity (Wildman–Crippen MR) is 78.0 cm³/mol. The Morgan fingerprint density at radius 2 is 2.28 bits per heavy atom. The number of unbranched alkanes of at least 4 members (excludes halogenated alkanes) is 1. The average Bonchev–Trinajstić information content (AvgIpc) is 2.42. The number of nitrogens with one attached hydrogen (secondary N) is 1. The van der Waals surface area contributed by atoms with Gasteiger partial charge in [-0.3, -0.25) is 4.79 Å². The maximum Gasteiger partial charge on any atom is 0.322 e. The van der Waals surface area contributed by atoms with Crippen molar-refractivity contribution in [1.29, 1.82) is 0 Å². The van der Waals surface area contributed by atoms with Crippen LogP contribution in [0.4, 0.5) is 0 Å². The Bertz CT molecular complexity index is 248. The van der Waals surface area contributed by atoms with Crippen LogP contribution in [0.3, 0.4) is 0 Å². The van der Waals surface area contributed by atoms with Crippen LogP contribution in [-0.4, -0.2) is 36.7 Å². The molecule has 1 rings (SSSR count). The van der Waals surface area contributed by atoms with Gasteiger partial charge in [0.2, 0.25) is 0 Å². The van der Waals surface area contributed by atoms with Crippen LogP contribution < -0.4 is 5.32 Å². The second-order valence-electron chi connectivity index (χ2n) is 5.11. The molecule has 0 bridgehead atoms. The molecule has 1 aliphatic rings. The minimum atomic E-state index is -0.111. The fourth-order valence-electron chi connectivity index (χ4n) is 2.61. The van der Waals surface area contributed by atoms with E-state index in [2.05, 4.69) is 18.5 Å². The number of carbonyl (C=O) groups excluding carboxylic acids is 1. The smallest absolute Gasteiger partial charge is 0.322 e. The van der Waals surface area contributed by atoms with E-state index in [0.29, 0.717) is 6.04 Å². The Labute approximate surface area is 115 Å². The maximum atomic E-state index is 11.8. The van der Waals surface area contributed by atoms with Gasteiger partial charge in [-0.15, -0.1) is 0 Å². The number of methoxy groups -OCH3 is 1. The topological polar surface area (TPSA) is 38.3 Å². The van der Waals surface area contributed by atoms with Gasteiger partial charge in [-0.2, -0.15) is 11.8 Å². The van der Waals surface area contributed by atoms with E-state index >= 15 is 0 Å². The molecule has 1 aliphatic carbocycles. The molecule has 0 radical (unpaired) electrons. The summed E-state index contributed by atoms with van der Waals surface area (Å²) in [6.07, 6.45) is 10.2. The molecule has 0 aromatic carbocycles. The van der Waals surface area contributed by atoms with E-state index in [1.54, 1.807) is 0 Å². The van der Waals surface area contributed by atoms with Crippen LogP contribution in [0.1, 0.15) is 51.9 Å². The zero-order chi connectivity index (χ0) is 13.4. The first-order valence-corrected chi connectivity index (χ1v) is 8.36. The minimum absolute atomic E-state index is 0.102. The van der Waals surface area contributed by atoms with Crippen molar-refractivity contribution in [2.24, 2.45) is 0 Å². The highest BCUT2D eigenvalue weighted by Crippen LogP contribution is 2.27. The van der Waals surface area contributed by atoms with Crippen molar-refractivity contribution in [3.8, 4) is 0 Å². The van der Waals surface area contributed by atoms with Crippen molar-refractivity contribution >= 4 is 17.7 Å². The van der Waals surface area contributed by atoms with Crippen LogP contribution in [0.2, 0.25) is 0 Å². The second-order valence-corrected chi connectivity index (χ2v) is 6.24. The minimum Gasteiger partial charge on any atom is -0.468 e. The Balaban J connectivity index is 2.45. The van der Waals surface area contributed by atoms with Gasteiger partial charge in [0.25, 0.3) is 0 Å². The lowest BCUT2D eigenvalue weighted by atomic mass is 9.94. The number of ether oxygens (including phenoxy) is 1.